The maximum atomic E-state index is 12.3. The summed E-state index contributed by atoms with van der Waals surface area (Å²) in [5, 5.41) is 19.1. The van der Waals surface area contributed by atoms with Crippen LogP contribution in [-0.4, -0.2) is 32.2 Å². The first-order valence-electron chi connectivity index (χ1n) is 8.58. The highest BCUT2D eigenvalue weighted by Crippen LogP contribution is 2.20. The molecule has 1 aromatic heterocycles. The number of hydrogen-bond donors (Lipinski definition) is 3. The van der Waals surface area contributed by atoms with Crippen LogP contribution < -0.4 is 5.32 Å². The molecule has 138 valence electrons. The quantitative estimate of drug-likeness (QED) is 0.621. The monoisotopic (exact) mass is 364 g/mol. The number of amides is 1. The van der Waals surface area contributed by atoms with E-state index in [1.165, 1.54) is 6.07 Å². The molecule has 0 aliphatic carbocycles. The van der Waals surface area contributed by atoms with E-state index in [0.717, 1.165) is 11.4 Å². The highest BCUT2D eigenvalue weighted by atomic mass is 16.4. The van der Waals surface area contributed by atoms with Crippen LogP contribution in [0.15, 0.2) is 48.5 Å². The molecule has 3 N–H and O–H groups in total. The van der Waals surface area contributed by atoms with Gasteiger partial charge >= 0.3 is 5.97 Å². The van der Waals surface area contributed by atoms with Gasteiger partial charge in [0.25, 0.3) is 0 Å². The molecule has 27 heavy (non-hydrogen) atoms. The Bertz CT molecular complexity index is 961. The summed E-state index contributed by atoms with van der Waals surface area (Å²) < 4.78 is 0. The highest BCUT2D eigenvalue weighted by Gasteiger charge is 2.13. The summed E-state index contributed by atoms with van der Waals surface area (Å²) in [6, 6.07) is 13.7. The molecule has 1 heterocycles. The Labute approximate surface area is 156 Å². The molecular formula is C20H20N4O3. The molecule has 7 heteroatoms. The van der Waals surface area contributed by atoms with Crippen molar-refractivity contribution in [2.24, 2.45) is 0 Å². The number of carboxylic acids is 1. The summed E-state index contributed by atoms with van der Waals surface area (Å²) in [4.78, 5) is 27.9. The number of aromatic nitrogens is 3. The number of H-pyrrole nitrogens is 1. The Hall–Kier alpha value is -3.48. The number of nitrogens with zero attached hydrogens (tertiary/aromatic N) is 2. The molecule has 3 rings (SSSR count). The van der Waals surface area contributed by atoms with E-state index in [2.05, 4.69) is 20.5 Å². The van der Waals surface area contributed by atoms with Gasteiger partial charge in [0.2, 0.25) is 5.91 Å². The van der Waals surface area contributed by atoms with Gasteiger partial charge in [0.1, 0.15) is 5.82 Å². The van der Waals surface area contributed by atoms with Crippen LogP contribution in [0.2, 0.25) is 0 Å². The van der Waals surface area contributed by atoms with E-state index >= 15 is 0 Å². The topological polar surface area (TPSA) is 108 Å². The number of benzene rings is 2. The summed E-state index contributed by atoms with van der Waals surface area (Å²) in [6.45, 7) is 4.07. The van der Waals surface area contributed by atoms with Crippen molar-refractivity contribution >= 4 is 17.6 Å². The van der Waals surface area contributed by atoms with Crippen molar-refractivity contribution in [3.05, 3.63) is 65.5 Å². The molecule has 7 nitrogen and oxygen atoms in total. The summed E-state index contributed by atoms with van der Waals surface area (Å²) in [7, 11) is 0. The maximum Gasteiger partial charge on any atom is 0.335 e. The second-order valence-electron chi connectivity index (χ2n) is 6.46. The van der Waals surface area contributed by atoms with Crippen molar-refractivity contribution in [1.82, 2.24) is 15.2 Å². The third-order valence-corrected chi connectivity index (χ3v) is 4.08. The normalized spacial score (nSPS) is 10.8. The van der Waals surface area contributed by atoms with Gasteiger partial charge < -0.3 is 10.4 Å². The third kappa shape index (κ3) is 4.38. The van der Waals surface area contributed by atoms with E-state index in [1.54, 1.807) is 30.3 Å². The first kappa shape index (κ1) is 18.3. The zero-order chi connectivity index (χ0) is 19.4. The number of carboxylic acid groups (broad SMARTS) is 1. The van der Waals surface area contributed by atoms with Crippen LogP contribution in [0.5, 0.6) is 0 Å². The van der Waals surface area contributed by atoms with Crippen molar-refractivity contribution in [1.29, 1.82) is 0 Å². The largest absolute Gasteiger partial charge is 0.478 e. The first-order chi connectivity index (χ1) is 12.9. The zero-order valence-corrected chi connectivity index (χ0v) is 15.1. The van der Waals surface area contributed by atoms with Gasteiger partial charge in [0, 0.05) is 17.2 Å². The first-order valence-corrected chi connectivity index (χ1v) is 8.58. The average Bonchev–Trinajstić information content (AvgIpc) is 3.13. The molecule has 0 unspecified atom stereocenters. The SMILES string of the molecule is CC(C)c1nc(-c2ccc(NC(=O)Cc3ccccc3C(=O)O)cc2)n[nH]1. The second-order valence-corrected chi connectivity index (χ2v) is 6.46. The molecule has 0 fully saturated rings. The highest BCUT2D eigenvalue weighted by molar-refractivity contribution is 5.96. The minimum absolute atomic E-state index is 0.0110. The predicted octanol–water partition coefficient (Wildman–Crippen LogP) is 3.47. The number of hydrogen-bond acceptors (Lipinski definition) is 4. The van der Waals surface area contributed by atoms with E-state index in [1.807, 2.05) is 26.0 Å². The Morgan fingerprint density at radius 3 is 2.44 bits per heavy atom. The van der Waals surface area contributed by atoms with Crippen molar-refractivity contribution in [2.75, 3.05) is 5.32 Å². The number of rotatable bonds is 6. The van der Waals surface area contributed by atoms with E-state index in [-0.39, 0.29) is 23.8 Å². The fraction of sp³-hybridized carbons (Fsp3) is 0.200. The number of anilines is 1. The van der Waals surface area contributed by atoms with Gasteiger partial charge in [-0.2, -0.15) is 5.10 Å². The van der Waals surface area contributed by atoms with Crippen LogP contribution in [0.4, 0.5) is 5.69 Å². The molecule has 0 saturated carbocycles. The summed E-state index contributed by atoms with van der Waals surface area (Å²) in [5.41, 5.74) is 2.07. The summed E-state index contributed by atoms with van der Waals surface area (Å²) in [6.07, 6.45) is -0.0110. The standard InChI is InChI=1S/C20H20N4O3/c1-12(2)18-22-19(24-23-18)13-7-9-15(10-8-13)21-17(25)11-14-5-3-4-6-16(14)20(26)27/h3-10,12H,11H2,1-2H3,(H,21,25)(H,26,27)(H,22,23,24). The van der Waals surface area contributed by atoms with Crippen LogP contribution in [-0.2, 0) is 11.2 Å². The van der Waals surface area contributed by atoms with Gasteiger partial charge in [0.15, 0.2) is 5.82 Å². The molecule has 0 aliphatic heterocycles. The van der Waals surface area contributed by atoms with E-state index < -0.39 is 5.97 Å². The smallest absolute Gasteiger partial charge is 0.335 e. The molecule has 0 saturated heterocycles. The molecule has 1 amide bonds. The Kier molecular flexibility index (Phi) is 5.30. The van der Waals surface area contributed by atoms with Crippen LogP contribution in [0, 0.1) is 0 Å². The molecule has 0 atom stereocenters. The molecule has 3 aromatic rings. The lowest BCUT2D eigenvalue weighted by atomic mass is 10.0. The third-order valence-electron chi connectivity index (χ3n) is 4.08. The number of carbonyl (C=O) groups excluding carboxylic acids is 1. The molecular weight excluding hydrogens is 344 g/mol. The Morgan fingerprint density at radius 1 is 1.11 bits per heavy atom. The lowest BCUT2D eigenvalue weighted by Crippen LogP contribution is -2.16. The van der Waals surface area contributed by atoms with Crippen LogP contribution in [0.3, 0.4) is 0 Å². The van der Waals surface area contributed by atoms with E-state index in [0.29, 0.717) is 17.1 Å². The van der Waals surface area contributed by atoms with Crippen molar-refractivity contribution < 1.29 is 14.7 Å². The summed E-state index contributed by atoms with van der Waals surface area (Å²) >= 11 is 0. The minimum Gasteiger partial charge on any atom is -0.478 e. The lowest BCUT2D eigenvalue weighted by Gasteiger charge is -2.08. The number of aromatic amines is 1. The van der Waals surface area contributed by atoms with Gasteiger partial charge in [0.05, 0.1) is 12.0 Å². The summed E-state index contributed by atoms with van der Waals surface area (Å²) in [5.74, 6) is 0.358. The average molecular weight is 364 g/mol. The van der Waals surface area contributed by atoms with Gasteiger partial charge in [-0.05, 0) is 35.9 Å². The molecule has 0 aliphatic rings. The number of aromatic carboxylic acids is 1. The minimum atomic E-state index is -1.05. The van der Waals surface area contributed by atoms with Crippen LogP contribution >= 0.6 is 0 Å². The van der Waals surface area contributed by atoms with Gasteiger partial charge in [-0.1, -0.05) is 32.0 Å². The fourth-order valence-corrected chi connectivity index (χ4v) is 2.63. The maximum absolute atomic E-state index is 12.3. The van der Waals surface area contributed by atoms with E-state index in [4.69, 9.17) is 0 Å². The van der Waals surface area contributed by atoms with E-state index in [9.17, 15) is 14.7 Å². The molecule has 2 aromatic carbocycles. The molecule has 0 radical (unpaired) electrons. The second kappa shape index (κ2) is 7.82. The lowest BCUT2D eigenvalue weighted by molar-refractivity contribution is -0.115. The molecule has 0 spiro atoms. The van der Waals surface area contributed by atoms with Gasteiger partial charge in [-0.3, -0.25) is 9.89 Å². The predicted molar refractivity (Wildman–Crippen MR) is 102 cm³/mol. The van der Waals surface area contributed by atoms with Crippen molar-refractivity contribution in [3.63, 3.8) is 0 Å². The van der Waals surface area contributed by atoms with Crippen LogP contribution in [0.25, 0.3) is 11.4 Å². The fourth-order valence-electron chi connectivity index (χ4n) is 2.63. The van der Waals surface area contributed by atoms with Crippen LogP contribution in [0.1, 0.15) is 41.5 Å². The number of carbonyl (C=O) groups is 2. The Balaban J connectivity index is 1.67. The van der Waals surface area contributed by atoms with Gasteiger partial charge in [-0.25, -0.2) is 9.78 Å². The van der Waals surface area contributed by atoms with Gasteiger partial charge in [-0.15, -0.1) is 0 Å². The number of nitrogens with one attached hydrogen (secondary N) is 2. The zero-order valence-electron chi connectivity index (χ0n) is 15.1. The Morgan fingerprint density at radius 2 is 1.81 bits per heavy atom. The van der Waals surface area contributed by atoms with Crippen molar-refractivity contribution in [3.8, 4) is 11.4 Å². The van der Waals surface area contributed by atoms with Crippen molar-refractivity contribution in [2.45, 2.75) is 26.2 Å². The molecule has 0 bridgehead atoms.